The van der Waals surface area contributed by atoms with Crippen LogP contribution in [0.25, 0.3) is 0 Å². The van der Waals surface area contributed by atoms with Crippen molar-refractivity contribution in [2.75, 3.05) is 32.2 Å². The van der Waals surface area contributed by atoms with Crippen molar-refractivity contribution in [1.29, 1.82) is 0 Å². The number of rotatable bonds is 3. The quantitative estimate of drug-likeness (QED) is 0.868. The summed E-state index contributed by atoms with van der Waals surface area (Å²) in [7, 11) is 3.67. The molecule has 6 nitrogen and oxygen atoms in total. The number of nitrogens with zero attached hydrogens (tertiary/aromatic N) is 3. The molecule has 0 bridgehead atoms. The van der Waals surface area contributed by atoms with Gasteiger partial charge in [-0.1, -0.05) is 0 Å². The Kier molecular flexibility index (Phi) is 3.76. The molecule has 0 amide bonds. The molecule has 0 atom stereocenters. The third kappa shape index (κ3) is 2.76. The molecule has 2 rings (SSSR count). The second-order valence-corrected chi connectivity index (χ2v) is 4.56. The maximum Gasteiger partial charge on any atom is 0.354 e. The summed E-state index contributed by atoms with van der Waals surface area (Å²) >= 11 is 0. The lowest BCUT2D eigenvalue weighted by molar-refractivity contribution is 0.0688. The monoisotopic (exact) mass is 251 g/mol. The van der Waals surface area contributed by atoms with E-state index in [2.05, 4.69) is 9.97 Å². The highest BCUT2D eigenvalue weighted by Gasteiger charge is 2.21. The standard InChI is InChI=1S/C12H17N3O3/c1-15(2)10-7-9(12(16)17)13-11(14-10)8-3-5-18-6-4-8/h7-8H,3-6H2,1-2H3,(H,16,17). The number of carboxylic acids is 1. The summed E-state index contributed by atoms with van der Waals surface area (Å²) in [6.07, 6.45) is 1.69. The normalized spacial score (nSPS) is 16.6. The zero-order valence-electron chi connectivity index (χ0n) is 10.6. The van der Waals surface area contributed by atoms with E-state index in [1.165, 1.54) is 6.07 Å². The number of hydrogen-bond acceptors (Lipinski definition) is 5. The first-order chi connectivity index (χ1) is 8.58. The molecule has 1 N–H and O–H groups in total. The van der Waals surface area contributed by atoms with Gasteiger partial charge in [0.15, 0.2) is 5.69 Å². The van der Waals surface area contributed by atoms with Gasteiger partial charge in [-0.3, -0.25) is 0 Å². The van der Waals surface area contributed by atoms with Crippen LogP contribution in [0.4, 0.5) is 5.82 Å². The van der Waals surface area contributed by atoms with Gasteiger partial charge < -0.3 is 14.7 Å². The van der Waals surface area contributed by atoms with Gasteiger partial charge in [0.1, 0.15) is 11.6 Å². The minimum Gasteiger partial charge on any atom is -0.477 e. The molecule has 18 heavy (non-hydrogen) atoms. The van der Waals surface area contributed by atoms with Crippen molar-refractivity contribution in [3.05, 3.63) is 17.6 Å². The summed E-state index contributed by atoms with van der Waals surface area (Å²) in [4.78, 5) is 21.4. The molecule has 1 aliphatic rings. The Hall–Kier alpha value is -1.69. The first kappa shape index (κ1) is 12.8. The minimum absolute atomic E-state index is 0.0511. The Bertz CT molecular complexity index is 442. The van der Waals surface area contributed by atoms with E-state index in [-0.39, 0.29) is 11.6 Å². The van der Waals surface area contributed by atoms with Crippen LogP contribution in [-0.4, -0.2) is 48.4 Å². The topological polar surface area (TPSA) is 75.6 Å². The van der Waals surface area contributed by atoms with Crippen LogP contribution in [0.5, 0.6) is 0 Å². The van der Waals surface area contributed by atoms with E-state index >= 15 is 0 Å². The highest BCUT2D eigenvalue weighted by molar-refractivity contribution is 5.86. The Labute approximate surface area is 106 Å². The van der Waals surface area contributed by atoms with E-state index in [1.807, 2.05) is 14.1 Å². The molecule has 1 aromatic heterocycles. The summed E-state index contributed by atoms with van der Waals surface area (Å²) in [5.41, 5.74) is 0.0511. The molecule has 0 unspecified atom stereocenters. The summed E-state index contributed by atoms with van der Waals surface area (Å²) in [5, 5.41) is 9.08. The predicted molar refractivity (Wildman–Crippen MR) is 66.1 cm³/mol. The fourth-order valence-corrected chi connectivity index (χ4v) is 1.93. The lowest BCUT2D eigenvalue weighted by Gasteiger charge is -2.22. The van der Waals surface area contributed by atoms with Crippen molar-refractivity contribution in [1.82, 2.24) is 9.97 Å². The van der Waals surface area contributed by atoms with Gasteiger partial charge in [-0.2, -0.15) is 0 Å². The van der Waals surface area contributed by atoms with Gasteiger partial charge in [-0.15, -0.1) is 0 Å². The number of hydrogen-bond donors (Lipinski definition) is 1. The molecule has 1 fully saturated rings. The van der Waals surface area contributed by atoms with Crippen molar-refractivity contribution in [2.45, 2.75) is 18.8 Å². The molecule has 0 aliphatic carbocycles. The van der Waals surface area contributed by atoms with Gasteiger partial charge in [-0.05, 0) is 12.8 Å². The molecular weight excluding hydrogens is 234 g/mol. The predicted octanol–water partition coefficient (Wildman–Crippen LogP) is 1.13. The summed E-state index contributed by atoms with van der Waals surface area (Å²) < 4.78 is 5.29. The summed E-state index contributed by atoms with van der Waals surface area (Å²) in [6, 6.07) is 1.49. The van der Waals surface area contributed by atoms with E-state index in [1.54, 1.807) is 4.90 Å². The number of carbonyl (C=O) groups is 1. The SMILES string of the molecule is CN(C)c1cc(C(=O)O)nc(C2CCOCC2)n1. The van der Waals surface area contributed by atoms with Crippen molar-refractivity contribution in [2.24, 2.45) is 0 Å². The highest BCUT2D eigenvalue weighted by Crippen LogP contribution is 2.25. The molecule has 98 valence electrons. The number of ether oxygens (including phenoxy) is 1. The Morgan fingerprint density at radius 3 is 2.61 bits per heavy atom. The van der Waals surface area contributed by atoms with Crippen LogP contribution in [0.3, 0.4) is 0 Å². The first-order valence-electron chi connectivity index (χ1n) is 5.95. The number of aromatic nitrogens is 2. The molecule has 0 saturated carbocycles. The zero-order valence-corrected chi connectivity index (χ0v) is 10.6. The van der Waals surface area contributed by atoms with Crippen LogP contribution < -0.4 is 4.90 Å². The third-order valence-corrected chi connectivity index (χ3v) is 2.99. The van der Waals surface area contributed by atoms with E-state index < -0.39 is 5.97 Å². The van der Waals surface area contributed by atoms with Crippen molar-refractivity contribution in [3.8, 4) is 0 Å². The van der Waals surface area contributed by atoms with Crippen LogP contribution in [-0.2, 0) is 4.74 Å². The lowest BCUT2D eigenvalue weighted by Crippen LogP contribution is -2.20. The molecule has 0 radical (unpaired) electrons. The largest absolute Gasteiger partial charge is 0.477 e. The van der Waals surface area contributed by atoms with Gasteiger partial charge in [-0.25, -0.2) is 14.8 Å². The highest BCUT2D eigenvalue weighted by atomic mass is 16.5. The number of anilines is 1. The van der Waals surface area contributed by atoms with Crippen LogP contribution in [0.1, 0.15) is 35.1 Å². The zero-order chi connectivity index (χ0) is 13.1. The van der Waals surface area contributed by atoms with Crippen LogP contribution in [0, 0.1) is 0 Å². The van der Waals surface area contributed by atoms with E-state index in [4.69, 9.17) is 9.84 Å². The molecule has 0 aromatic carbocycles. The van der Waals surface area contributed by atoms with Crippen LogP contribution >= 0.6 is 0 Å². The van der Waals surface area contributed by atoms with Crippen LogP contribution in [0.2, 0.25) is 0 Å². The molecule has 2 heterocycles. The smallest absolute Gasteiger partial charge is 0.354 e. The van der Waals surface area contributed by atoms with Crippen molar-refractivity contribution in [3.63, 3.8) is 0 Å². The van der Waals surface area contributed by atoms with Gasteiger partial charge >= 0.3 is 5.97 Å². The fraction of sp³-hybridized carbons (Fsp3) is 0.583. The van der Waals surface area contributed by atoms with E-state index in [9.17, 15) is 4.79 Å². The average molecular weight is 251 g/mol. The minimum atomic E-state index is -1.02. The van der Waals surface area contributed by atoms with Crippen molar-refractivity contribution < 1.29 is 14.6 Å². The van der Waals surface area contributed by atoms with Crippen LogP contribution in [0.15, 0.2) is 6.07 Å². The molecule has 1 aromatic rings. The molecule has 6 heteroatoms. The van der Waals surface area contributed by atoms with Gasteiger partial charge in [0, 0.05) is 39.3 Å². The lowest BCUT2D eigenvalue weighted by atomic mass is 9.99. The first-order valence-corrected chi connectivity index (χ1v) is 5.95. The van der Waals surface area contributed by atoms with E-state index in [0.717, 1.165) is 12.8 Å². The summed E-state index contributed by atoms with van der Waals surface area (Å²) in [6.45, 7) is 1.37. The molecule has 1 saturated heterocycles. The Balaban J connectivity index is 2.35. The second kappa shape index (κ2) is 5.30. The van der Waals surface area contributed by atoms with Crippen molar-refractivity contribution >= 4 is 11.8 Å². The Morgan fingerprint density at radius 2 is 2.06 bits per heavy atom. The average Bonchev–Trinajstić information content (AvgIpc) is 2.39. The maximum atomic E-state index is 11.1. The third-order valence-electron chi connectivity index (χ3n) is 2.99. The van der Waals surface area contributed by atoms with Gasteiger partial charge in [0.05, 0.1) is 0 Å². The molecule has 0 spiro atoms. The second-order valence-electron chi connectivity index (χ2n) is 4.56. The maximum absolute atomic E-state index is 11.1. The fourth-order valence-electron chi connectivity index (χ4n) is 1.93. The number of aromatic carboxylic acids is 1. The van der Waals surface area contributed by atoms with Gasteiger partial charge in [0.2, 0.25) is 0 Å². The Morgan fingerprint density at radius 1 is 1.39 bits per heavy atom. The number of carboxylic acid groups (broad SMARTS) is 1. The van der Waals surface area contributed by atoms with Gasteiger partial charge in [0.25, 0.3) is 0 Å². The molecule has 1 aliphatic heterocycles. The summed E-state index contributed by atoms with van der Waals surface area (Å²) in [5.74, 6) is 0.413. The molecular formula is C12H17N3O3. The van der Waals surface area contributed by atoms with E-state index in [0.29, 0.717) is 24.9 Å².